The number of benzene rings is 1. The minimum Gasteiger partial charge on any atom is -0.450 e. The quantitative estimate of drug-likeness (QED) is 0.733. The van der Waals surface area contributed by atoms with Crippen molar-refractivity contribution in [3.05, 3.63) is 28.5 Å². The zero-order chi connectivity index (χ0) is 21.5. The van der Waals surface area contributed by atoms with Crippen LogP contribution in [0.15, 0.2) is 16.5 Å². The van der Waals surface area contributed by atoms with E-state index in [1.165, 1.54) is 0 Å². The summed E-state index contributed by atoms with van der Waals surface area (Å²) in [6, 6.07) is 3.29. The number of hydrogen-bond donors (Lipinski definition) is 2. The molecule has 0 bridgehead atoms. The maximum absolute atomic E-state index is 13.0. The lowest BCUT2D eigenvalue weighted by molar-refractivity contribution is 0.0761. The van der Waals surface area contributed by atoms with E-state index in [1.807, 2.05) is 14.1 Å². The Bertz CT molecular complexity index is 978. The molecule has 2 aliphatic rings. The number of halogens is 1. The zero-order valence-corrected chi connectivity index (χ0v) is 18.6. The molecule has 0 atom stereocenters. The highest BCUT2D eigenvalue weighted by atomic mass is 35.5. The summed E-state index contributed by atoms with van der Waals surface area (Å²) in [5.74, 6) is 0.144. The van der Waals surface area contributed by atoms with E-state index in [0.717, 1.165) is 56.0 Å². The summed E-state index contributed by atoms with van der Waals surface area (Å²) >= 11 is 6.55. The van der Waals surface area contributed by atoms with Gasteiger partial charge in [-0.1, -0.05) is 30.9 Å². The van der Waals surface area contributed by atoms with Crippen LogP contribution in [-0.2, 0) is 5.54 Å². The van der Waals surface area contributed by atoms with E-state index in [4.69, 9.17) is 16.0 Å². The van der Waals surface area contributed by atoms with Crippen molar-refractivity contribution in [3.8, 4) is 0 Å². The number of nitrogens with one attached hydrogen (secondary N) is 2. The second-order valence-electron chi connectivity index (χ2n) is 8.74. The van der Waals surface area contributed by atoms with Gasteiger partial charge in [0.25, 0.3) is 5.91 Å². The Hall–Kier alpha value is -2.25. The Morgan fingerprint density at radius 2 is 1.90 bits per heavy atom. The molecular formula is C22H29ClN4O3. The van der Waals surface area contributed by atoms with Gasteiger partial charge in [0, 0.05) is 24.5 Å². The molecule has 1 fully saturated rings. The third-order valence-electron chi connectivity index (χ3n) is 6.19. The van der Waals surface area contributed by atoms with Crippen LogP contribution in [0.3, 0.4) is 0 Å². The van der Waals surface area contributed by atoms with Gasteiger partial charge in [0.1, 0.15) is 5.58 Å². The number of amides is 3. The molecule has 4 rings (SSSR count). The highest BCUT2D eigenvalue weighted by Crippen LogP contribution is 2.48. The topological polar surface area (TPSA) is 77.8 Å². The van der Waals surface area contributed by atoms with E-state index in [0.29, 0.717) is 28.6 Å². The van der Waals surface area contributed by atoms with Crippen molar-refractivity contribution in [2.75, 3.05) is 39.5 Å². The van der Waals surface area contributed by atoms with Crippen LogP contribution >= 0.6 is 11.6 Å². The molecule has 0 saturated heterocycles. The molecule has 1 spiro atoms. The normalized spacial score (nSPS) is 17.7. The predicted octanol–water partition coefficient (Wildman–Crippen LogP) is 4.40. The standard InChI is InChI=1S/C22H29ClN4O3/c1-26(2)10-7-11-27(3)20(28)16-13-14-12-15(23)18-17(19(14)30-16)22(25-21(29)24-18)8-5-4-6-9-22/h12-13H,4-11H2,1-3H3,(H2,24,25,29). The van der Waals surface area contributed by atoms with Crippen molar-refractivity contribution in [2.24, 2.45) is 0 Å². The number of urea groups is 1. The fourth-order valence-electron chi connectivity index (χ4n) is 4.70. The van der Waals surface area contributed by atoms with Gasteiger partial charge in [0.05, 0.1) is 16.2 Å². The van der Waals surface area contributed by atoms with E-state index in [9.17, 15) is 9.59 Å². The van der Waals surface area contributed by atoms with E-state index in [1.54, 1.807) is 24.1 Å². The number of nitrogens with zero attached hydrogens (tertiary/aromatic N) is 2. The molecule has 1 aliphatic heterocycles. The van der Waals surface area contributed by atoms with E-state index in [2.05, 4.69) is 15.5 Å². The number of anilines is 1. The maximum atomic E-state index is 13.0. The summed E-state index contributed by atoms with van der Waals surface area (Å²) in [6.07, 6.45) is 5.73. The van der Waals surface area contributed by atoms with Crippen LogP contribution in [0.25, 0.3) is 11.0 Å². The third kappa shape index (κ3) is 3.76. The SMILES string of the molecule is CN(C)CCCN(C)C(=O)c1cc2cc(Cl)c3c(c2o1)C1(CCCCC1)NC(=O)N3. The van der Waals surface area contributed by atoms with Crippen LogP contribution in [-0.4, -0.2) is 56.0 Å². The predicted molar refractivity (Wildman–Crippen MR) is 118 cm³/mol. The van der Waals surface area contributed by atoms with Crippen molar-refractivity contribution in [1.82, 2.24) is 15.1 Å². The first-order valence-corrected chi connectivity index (χ1v) is 10.9. The molecule has 1 aromatic heterocycles. The number of hydrogen-bond acceptors (Lipinski definition) is 4. The Balaban J connectivity index is 1.72. The summed E-state index contributed by atoms with van der Waals surface area (Å²) in [5.41, 5.74) is 1.60. The van der Waals surface area contributed by atoms with Gasteiger partial charge in [-0.3, -0.25) is 4.79 Å². The van der Waals surface area contributed by atoms with Gasteiger partial charge in [0.2, 0.25) is 0 Å². The molecule has 1 saturated carbocycles. The lowest BCUT2D eigenvalue weighted by atomic mass is 9.74. The second-order valence-corrected chi connectivity index (χ2v) is 9.15. The van der Waals surface area contributed by atoms with Crippen molar-refractivity contribution in [3.63, 3.8) is 0 Å². The highest BCUT2D eigenvalue weighted by molar-refractivity contribution is 6.35. The highest BCUT2D eigenvalue weighted by Gasteiger charge is 2.44. The average molecular weight is 433 g/mol. The summed E-state index contributed by atoms with van der Waals surface area (Å²) < 4.78 is 6.14. The molecule has 1 aromatic carbocycles. The molecule has 1 aliphatic carbocycles. The molecule has 8 heteroatoms. The minimum absolute atomic E-state index is 0.152. The first-order valence-electron chi connectivity index (χ1n) is 10.6. The fraction of sp³-hybridized carbons (Fsp3) is 0.545. The number of carbonyl (C=O) groups is 2. The van der Waals surface area contributed by atoms with E-state index >= 15 is 0 Å². The molecule has 2 N–H and O–H groups in total. The van der Waals surface area contributed by atoms with Gasteiger partial charge in [-0.2, -0.15) is 0 Å². The molecule has 2 aromatic rings. The Kier molecular flexibility index (Phi) is 5.68. The van der Waals surface area contributed by atoms with Gasteiger partial charge >= 0.3 is 6.03 Å². The number of furan rings is 1. The fourth-order valence-corrected chi connectivity index (χ4v) is 4.96. The average Bonchev–Trinajstić information content (AvgIpc) is 3.11. The monoisotopic (exact) mass is 432 g/mol. The molecule has 7 nitrogen and oxygen atoms in total. The molecule has 2 heterocycles. The maximum Gasteiger partial charge on any atom is 0.319 e. The molecule has 30 heavy (non-hydrogen) atoms. The van der Waals surface area contributed by atoms with Gasteiger partial charge in [-0.05, 0) is 52.0 Å². The second kappa shape index (κ2) is 8.12. The summed E-state index contributed by atoms with van der Waals surface area (Å²) in [5, 5.41) is 7.24. The largest absolute Gasteiger partial charge is 0.450 e. The van der Waals surface area contributed by atoms with Crippen molar-refractivity contribution < 1.29 is 14.0 Å². The number of carbonyl (C=O) groups excluding carboxylic acids is 2. The molecular weight excluding hydrogens is 404 g/mol. The first-order chi connectivity index (χ1) is 14.3. The van der Waals surface area contributed by atoms with Gasteiger partial charge in [-0.25, -0.2) is 4.79 Å². The number of fused-ring (bicyclic) bond motifs is 4. The van der Waals surface area contributed by atoms with Crippen LogP contribution in [0.1, 0.15) is 54.6 Å². The molecule has 3 amide bonds. The Morgan fingerprint density at radius 1 is 1.17 bits per heavy atom. The summed E-state index contributed by atoms with van der Waals surface area (Å²) in [4.78, 5) is 29.1. The zero-order valence-electron chi connectivity index (χ0n) is 17.8. The van der Waals surface area contributed by atoms with Gasteiger partial charge in [0.15, 0.2) is 5.76 Å². The van der Waals surface area contributed by atoms with E-state index in [-0.39, 0.29) is 11.9 Å². The van der Waals surface area contributed by atoms with Crippen molar-refractivity contribution in [2.45, 2.75) is 44.1 Å². The lowest BCUT2D eigenvalue weighted by Gasteiger charge is -2.42. The Labute approximate surface area is 181 Å². The number of rotatable bonds is 5. The van der Waals surface area contributed by atoms with Crippen molar-refractivity contribution in [1.29, 1.82) is 0 Å². The van der Waals surface area contributed by atoms with Crippen molar-refractivity contribution >= 4 is 40.2 Å². The van der Waals surface area contributed by atoms with Crippen LogP contribution in [0.2, 0.25) is 5.02 Å². The van der Waals surface area contributed by atoms with Crippen LogP contribution < -0.4 is 10.6 Å². The van der Waals surface area contributed by atoms with Crippen LogP contribution in [0.5, 0.6) is 0 Å². The van der Waals surface area contributed by atoms with Crippen LogP contribution in [0.4, 0.5) is 10.5 Å². The Morgan fingerprint density at radius 3 is 2.60 bits per heavy atom. The minimum atomic E-state index is -0.505. The summed E-state index contributed by atoms with van der Waals surface area (Å²) in [6.45, 7) is 1.56. The van der Waals surface area contributed by atoms with E-state index < -0.39 is 5.54 Å². The van der Waals surface area contributed by atoms with Gasteiger partial charge in [-0.15, -0.1) is 0 Å². The molecule has 0 unspecified atom stereocenters. The smallest absolute Gasteiger partial charge is 0.319 e. The van der Waals surface area contributed by atoms with Gasteiger partial charge < -0.3 is 24.9 Å². The third-order valence-corrected chi connectivity index (χ3v) is 6.49. The first kappa shape index (κ1) is 21.0. The summed E-state index contributed by atoms with van der Waals surface area (Å²) in [7, 11) is 5.82. The van der Waals surface area contributed by atoms with Crippen LogP contribution in [0, 0.1) is 0 Å². The lowest BCUT2D eigenvalue weighted by Crippen LogP contribution is -2.52. The molecule has 0 radical (unpaired) electrons. The molecule has 162 valence electrons.